The molecule has 1 aliphatic heterocycles. The Bertz CT molecular complexity index is 601. The molecule has 0 radical (unpaired) electrons. The number of anilines is 1. The molecule has 4 heteroatoms. The first-order valence-corrected chi connectivity index (χ1v) is 6.62. The number of benzene rings is 2. The normalized spacial score (nSPS) is 20.5. The zero-order valence-corrected chi connectivity index (χ0v) is 11.4. The molecule has 0 fully saturated rings. The second kappa shape index (κ2) is 5.06. The monoisotopic (exact) mass is 270 g/mol. The first kappa shape index (κ1) is 12.8. The van der Waals surface area contributed by atoms with Crippen LogP contribution in [0.4, 0.5) is 5.69 Å². The Morgan fingerprint density at radius 3 is 2.75 bits per heavy atom. The van der Waals surface area contributed by atoms with Gasteiger partial charge in [-0.25, -0.2) is 0 Å². The van der Waals surface area contributed by atoms with Crippen molar-refractivity contribution in [3.05, 3.63) is 54.1 Å². The summed E-state index contributed by atoms with van der Waals surface area (Å²) in [5, 5.41) is 3.52. The van der Waals surface area contributed by atoms with Gasteiger partial charge in [-0.05, 0) is 17.7 Å². The zero-order chi connectivity index (χ0) is 14.0. The van der Waals surface area contributed by atoms with E-state index in [9.17, 15) is 0 Å². The fourth-order valence-corrected chi connectivity index (χ4v) is 2.49. The van der Waals surface area contributed by atoms with E-state index in [1.807, 2.05) is 36.4 Å². The minimum Gasteiger partial charge on any atom is -0.497 e. The SMILES string of the molecule is COc1ccc2c(c1)NC(CN)(c1ccccc1)CO2. The summed E-state index contributed by atoms with van der Waals surface area (Å²) in [6.07, 6.45) is 0. The van der Waals surface area contributed by atoms with Crippen LogP contribution >= 0.6 is 0 Å². The summed E-state index contributed by atoms with van der Waals surface area (Å²) in [4.78, 5) is 0. The number of nitrogens with two attached hydrogens (primary N) is 1. The van der Waals surface area contributed by atoms with Crippen molar-refractivity contribution in [2.24, 2.45) is 5.73 Å². The Labute approximate surface area is 118 Å². The number of hydrogen-bond acceptors (Lipinski definition) is 4. The minimum atomic E-state index is -0.402. The average Bonchev–Trinajstić information content (AvgIpc) is 2.54. The standard InChI is InChI=1S/C16H18N2O2/c1-19-13-7-8-15-14(9-13)18-16(10-17,11-20-15)12-5-3-2-4-6-12/h2-9,18H,10-11,17H2,1H3. The van der Waals surface area contributed by atoms with E-state index in [2.05, 4.69) is 17.4 Å². The van der Waals surface area contributed by atoms with Crippen molar-refractivity contribution in [2.45, 2.75) is 5.54 Å². The van der Waals surface area contributed by atoms with Gasteiger partial charge in [-0.3, -0.25) is 0 Å². The van der Waals surface area contributed by atoms with E-state index in [-0.39, 0.29) is 0 Å². The maximum absolute atomic E-state index is 6.02. The van der Waals surface area contributed by atoms with E-state index in [0.717, 1.165) is 22.7 Å². The molecule has 3 N–H and O–H groups in total. The van der Waals surface area contributed by atoms with Crippen LogP contribution in [0.2, 0.25) is 0 Å². The highest BCUT2D eigenvalue weighted by molar-refractivity contribution is 5.63. The summed E-state index contributed by atoms with van der Waals surface area (Å²) in [5.41, 5.74) is 7.65. The predicted molar refractivity (Wildman–Crippen MR) is 79.3 cm³/mol. The predicted octanol–water partition coefficient (Wildman–Crippen LogP) is 2.35. The van der Waals surface area contributed by atoms with Crippen molar-refractivity contribution < 1.29 is 9.47 Å². The van der Waals surface area contributed by atoms with Crippen LogP contribution in [0.15, 0.2) is 48.5 Å². The molecule has 1 atom stereocenters. The van der Waals surface area contributed by atoms with Crippen LogP contribution in [0.25, 0.3) is 0 Å². The fraction of sp³-hybridized carbons (Fsp3) is 0.250. The Kier molecular flexibility index (Phi) is 3.24. The molecule has 0 bridgehead atoms. The van der Waals surface area contributed by atoms with Crippen molar-refractivity contribution in [3.8, 4) is 11.5 Å². The number of ether oxygens (including phenoxy) is 2. The van der Waals surface area contributed by atoms with Crippen LogP contribution < -0.4 is 20.5 Å². The Hall–Kier alpha value is -2.20. The maximum atomic E-state index is 6.02. The zero-order valence-electron chi connectivity index (χ0n) is 11.4. The molecule has 4 nitrogen and oxygen atoms in total. The number of nitrogens with one attached hydrogen (secondary N) is 1. The Morgan fingerprint density at radius 2 is 2.05 bits per heavy atom. The first-order valence-electron chi connectivity index (χ1n) is 6.62. The third-order valence-corrected chi connectivity index (χ3v) is 3.71. The van der Waals surface area contributed by atoms with E-state index in [0.29, 0.717) is 13.2 Å². The lowest BCUT2D eigenvalue weighted by Gasteiger charge is -2.39. The molecular weight excluding hydrogens is 252 g/mol. The summed E-state index contributed by atoms with van der Waals surface area (Å²) < 4.78 is 11.1. The molecule has 0 aliphatic carbocycles. The molecule has 1 unspecified atom stereocenters. The van der Waals surface area contributed by atoms with Crippen molar-refractivity contribution >= 4 is 5.69 Å². The highest BCUT2D eigenvalue weighted by Crippen LogP contribution is 2.38. The van der Waals surface area contributed by atoms with Gasteiger partial charge in [-0.2, -0.15) is 0 Å². The van der Waals surface area contributed by atoms with E-state index in [4.69, 9.17) is 15.2 Å². The van der Waals surface area contributed by atoms with Gasteiger partial charge in [0, 0.05) is 12.6 Å². The van der Waals surface area contributed by atoms with Crippen molar-refractivity contribution in [3.63, 3.8) is 0 Å². The Balaban J connectivity index is 2.00. The van der Waals surface area contributed by atoms with Gasteiger partial charge in [0.25, 0.3) is 0 Å². The third kappa shape index (κ3) is 2.08. The van der Waals surface area contributed by atoms with Gasteiger partial charge in [0.15, 0.2) is 0 Å². The van der Waals surface area contributed by atoms with E-state index in [1.165, 1.54) is 0 Å². The lowest BCUT2D eigenvalue weighted by Crippen LogP contribution is -2.49. The minimum absolute atomic E-state index is 0.402. The summed E-state index contributed by atoms with van der Waals surface area (Å²) in [7, 11) is 1.65. The Morgan fingerprint density at radius 1 is 1.25 bits per heavy atom. The van der Waals surface area contributed by atoms with Crippen LogP contribution in [0, 0.1) is 0 Å². The molecule has 1 heterocycles. The summed E-state index contributed by atoms with van der Waals surface area (Å²) in [6.45, 7) is 0.959. The second-order valence-electron chi connectivity index (χ2n) is 4.93. The average molecular weight is 270 g/mol. The molecule has 2 aromatic carbocycles. The van der Waals surface area contributed by atoms with Gasteiger partial charge >= 0.3 is 0 Å². The lowest BCUT2D eigenvalue weighted by atomic mass is 9.89. The van der Waals surface area contributed by atoms with Crippen LogP contribution in [-0.4, -0.2) is 20.3 Å². The van der Waals surface area contributed by atoms with Gasteiger partial charge in [0.2, 0.25) is 0 Å². The van der Waals surface area contributed by atoms with Gasteiger partial charge in [-0.1, -0.05) is 30.3 Å². The molecule has 20 heavy (non-hydrogen) atoms. The number of fused-ring (bicyclic) bond motifs is 1. The fourth-order valence-electron chi connectivity index (χ4n) is 2.49. The quantitative estimate of drug-likeness (QED) is 0.899. The molecule has 0 aromatic heterocycles. The maximum Gasteiger partial charge on any atom is 0.142 e. The van der Waals surface area contributed by atoms with Gasteiger partial charge in [-0.15, -0.1) is 0 Å². The smallest absolute Gasteiger partial charge is 0.142 e. The summed E-state index contributed by atoms with van der Waals surface area (Å²) >= 11 is 0. The van der Waals surface area contributed by atoms with Crippen molar-refractivity contribution in [1.82, 2.24) is 0 Å². The number of methoxy groups -OCH3 is 1. The van der Waals surface area contributed by atoms with Crippen molar-refractivity contribution in [1.29, 1.82) is 0 Å². The molecule has 1 aliphatic rings. The largest absolute Gasteiger partial charge is 0.497 e. The van der Waals surface area contributed by atoms with Crippen LogP contribution in [0.3, 0.4) is 0 Å². The molecule has 0 saturated carbocycles. The van der Waals surface area contributed by atoms with Crippen LogP contribution in [-0.2, 0) is 5.54 Å². The van der Waals surface area contributed by atoms with E-state index < -0.39 is 5.54 Å². The molecule has 2 aromatic rings. The highest BCUT2D eigenvalue weighted by Gasteiger charge is 2.36. The molecular formula is C16H18N2O2. The van der Waals surface area contributed by atoms with Gasteiger partial charge in [0.05, 0.1) is 12.8 Å². The van der Waals surface area contributed by atoms with Crippen molar-refractivity contribution in [2.75, 3.05) is 25.6 Å². The van der Waals surface area contributed by atoms with Crippen LogP contribution in [0.1, 0.15) is 5.56 Å². The lowest BCUT2D eigenvalue weighted by molar-refractivity contribution is 0.222. The summed E-state index contributed by atoms with van der Waals surface area (Å²) in [5.74, 6) is 1.62. The number of hydrogen-bond donors (Lipinski definition) is 2. The third-order valence-electron chi connectivity index (χ3n) is 3.71. The van der Waals surface area contributed by atoms with E-state index >= 15 is 0 Å². The van der Waals surface area contributed by atoms with E-state index in [1.54, 1.807) is 7.11 Å². The molecule has 0 saturated heterocycles. The van der Waals surface area contributed by atoms with Crippen LogP contribution in [0.5, 0.6) is 11.5 Å². The molecule has 3 rings (SSSR count). The van der Waals surface area contributed by atoms with Gasteiger partial charge < -0.3 is 20.5 Å². The second-order valence-corrected chi connectivity index (χ2v) is 4.93. The topological polar surface area (TPSA) is 56.5 Å². The molecule has 0 spiro atoms. The molecule has 104 valence electrons. The summed E-state index contributed by atoms with van der Waals surface area (Å²) in [6, 6.07) is 15.9. The van der Waals surface area contributed by atoms with Gasteiger partial charge in [0.1, 0.15) is 23.6 Å². The highest BCUT2D eigenvalue weighted by atomic mass is 16.5. The molecule has 0 amide bonds. The first-order chi connectivity index (χ1) is 9.77. The number of rotatable bonds is 3.